The van der Waals surface area contributed by atoms with Gasteiger partial charge < -0.3 is 11.1 Å². The van der Waals surface area contributed by atoms with E-state index in [9.17, 15) is 4.79 Å². The van der Waals surface area contributed by atoms with Crippen LogP contribution in [0.1, 0.15) is 22.4 Å². The van der Waals surface area contributed by atoms with Crippen LogP contribution >= 0.6 is 35.3 Å². The van der Waals surface area contributed by atoms with E-state index in [1.54, 1.807) is 6.20 Å². The van der Waals surface area contributed by atoms with Crippen LogP contribution in [0.2, 0.25) is 5.02 Å². The summed E-state index contributed by atoms with van der Waals surface area (Å²) < 4.78 is 0. The van der Waals surface area contributed by atoms with Crippen LogP contribution in [0.15, 0.2) is 24.4 Å². The zero-order valence-electron chi connectivity index (χ0n) is 11.6. The molecule has 1 aromatic carbocycles. The molecule has 0 spiro atoms. The zero-order chi connectivity index (χ0) is 14.5. The molecule has 0 aliphatic heterocycles. The van der Waals surface area contributed by atoms with Gasteiger partial charge in [0.1, 0.15) is 0 Å². The van der Waals surface area contributed by atoms with Gasteiger partial charge in [-0.1, -0.05) is 23.7 Å². The molecule has 0 saturated carbocycles. The number of nitrogens with one attached hydrogen (secondary N) is 1. The van der Waals surface area contributed by atoms with Crippen molar-refractivity contribution >= 4 is 46.4 Å². The van der Waals surface area contributed by atoms with Crippen LogP contribution in [0, 0.1) is 6.92 Å². The number of aromatic nitrogens is 1. The van der Waals surface area contributed by atoms with Crippen molar-refractivity contribution in [1.29, 1.82) is 0 Å². The van der Waals surface area contributed by atoms with Gasteiger partial charge in [-0.05, 0) is 24.1 Å². The van der Waals surface area contributed by atoms with E-state index in [2.05, 4.69) is 10.3 Å². The predicted octanol–water partition coefficient (Wildman–Crippen LogP) is 3.40. The zero-order valence-corrected chi connectivity index (χ0v) is 13.9. The predicted molar refractivity (Wildman–Crippen MR) is 90.7 cm³/mol. The molecule has 3 N–H and O–H groups in total. The Bertz CT molecular complexity index is 616. The lowest BCUT2D eigenvalue weighted by molar-refractivity contribution is -0.116. The smallest absolute Gasteiger partial charge is 0.227 e. The molecule has 0 aliphatic rings. The Balaban J connectivity index is 0.00000220. The summed E-state index contributed by atoms with van der Waals surface area (Å²) in [6.45, 7) is 2.32. The minimum Gasteiger partial charge on any atom is -0.330 e. The number of thiazole rings is 1. The molecule has 0 radical (unpaired) electrons. The molecule has 0 fully saturated rings. The number of hydrogen-bond donors (Lipinski definition) is 2. The largest absolute Gasteiger partial charge is 0.330 e. The Hall–Kier alpha value is -1.14. The number of rotatable bonds is 5. The van der Waals surface area contributed by atoms with Crippen molar-refractivity contribution in [2.45, 2.75) is 19.8 Å². The Morgan fingerprint density at radius 1 is 1.48 bits per heavy atom. The van der Waals surface area contributed by atoms with Gasteiger partial charge in [0.25, 0.3) is 0 Å². The van der Waals surface area contributed by atoms with E-state index in [1.807, 2.05) is 25.1 Å². The van der Waals surface area contributed by atoms with E-state index >= 15 is 0 Å². The number of halogens is 2. The highest BCUT2D eigenvalue weighted by molar-refractivity contribution is 7.15. The minimum atomic E-state index is -0.105. The summed E-state index contributed by atoms with van der Waals surface area (Å²) in [4.78, 5) is 16.7. The third-order valence-electron chi connectivity index (χ3n) is 2.79. The average molecular weight is 346 g/mol. The van der Waals surface area contributed by atoms with Crippen LogP contribution in [0.3, 0.4) is 0 Å². The molecule has 0 bridgehead atoms. The van der Waals surface area contributed by atoms with Crippen molar-refractivity contribution in [3.05, 3.63) is 45.4 Å². The summed E-state index contributed by atoms with van der Waals surface area (Å²) >= 11 is 7.57. The molecule has 2 aromatic rings. The summed E-state index contributed by atoms with van der Waals surface area (Å²) in [7, 11) is 0. The van der Waals surface area contributed by atoms with Crippen molar-refractivity contribution < 1.29 is 4.79 Å². The van der Waals surface area contributed by atoms with Gasteiger partial charge in [0.05, 0.1) is 0 Å². The second kappa shape index (κ2) is 8.34. The highest BCUT2D eigenvalue weighted by Gasteiger charge is 2.07. The van der Waals surface area contributed by atoms with Gasteiger partial charge in [0, 0.05) is 35.5 Å². The molecule has 0 unspecified atom stereocenters. The first-order chi connectivity index (χ1) is 9.58. The maximum absolute atomic E-state index is 11.4. The standard InChI is InChI=1S/C14H16ClN3OS.ClH/c1-9-2-3-10(7-12(9)15)6-11-8-17-14(20-11)18-13(19)4-5-16;/h2-3,7-8H,4-6,16H2,1H3,(H,17,18,19);1H. The second-order valence-corrected chi connectivity index (χ2v) is 6.00. The van der Waals surface area contributed by atoms with Crippen LogP contribution in [-0.4, -0.2) is 17.4 Å². The number of benzene rings is 1. The number of hydrogen-bond acceptors (Lipinski definition) is 4. The minimum absolute atomic E-state index is 0. The topological polar surface area (TPSA) is 68.0 Å². The van der Waals surface area contributed by atoms with Crippen LogP contribution in [0.25, 0.3) is 0 Å². The Morgan fingerprint density at radius 2 is 2.24 bits per heavy atom. The average Bonchev–Trinajstić information content (AvgIpc) is 2.81. The molecule has 114 valence electrons. The van der Waals surface area contributed by atoms with E-state index < -0.39 is 0 Å². The van der Waals surface area contributed by atoms with Gasteiger partial charge in [0.2, 0.25) is 5.91 Å². The maximum Gasteiger partial charge on any atom is 0.227 e. The third-order valence-corrected chi connectivity index (χ3v) is 4.11. The molecule has 21 heavy (non-hydrogen) atoms. The van der Waals surface area contributed by atoms with Gasteiger partial charge in [-0.3, -0.25) is 4.79 Å². The lowest BCUT2D eigenvalue weighted by Gasteiger charge is -2.02. The van der Waals surface area contributed by atoms with Crippen LogP contribution in [-0.2, 0) is 11.2 Å². The van der Waals surface area contributed by atoms with Crippen LogP contribution in [0.4, 0.5) is 5.13 Å². The maximum atomic E-state index is 11.4. The molecule has 1 aromatic heterocycles. The highest BCUT2D eigenvalue weighted by Crippen LogP contribution is 2.23. The van der Waals surface area contributed by atoms with Gasteiger partial charge in [-0.2, -0.15) is 0 Å². The van der Waals surface area contributed by atoms with E-state index in [1.165, 1.54) is 11.3 Å². The van der Waals surface area contributed by atoms with Crippen molar-refractivity contribution in [1.82, 2.24) is 4.98 Å². The van der Waals surface area contributed by atoms with Gasteiger partial charge in [0.15, 0.2) is 5.13 Å². The monoisotopic (exact) mass is 345 g/mol. The van der Waals surface area contributed by atoms with Gasteiger partial charge in [-0.15, -0.1) is 23.7 Å². The third kappa shape index (κ3) is 5.28. The number of anilines is 1. The first-order valence-electron chi connectivity index (χ1n) is 6.28. The second-order valence-electron chi connectivity index (χ2n) is 4.48. The Morgan fingerprint density at radius 3 is 2.90 bits per heavy atom. The summed E-state index contributed by atoms with van der Waals surface area (Å²) in [5.74, 6) is -0.105. The van der Waals surface area contributed by atoms with Crippen molar-refractivity contribution in [3.8, 4) is 0 Å². The van der Waals surface area contributed by atoms with E-state index in [4.69, 9.17) is 17.3 Å². The van der Waals surface area contributed by atoms with E-state index in [0.717, 1.165) is 27.4 Å². The van der Waals surface area contributed by atoms with E-state index in [0.29, 0.717) is 18.1 Å². The summed E-state index contributed by atoms with van der Waals surface area (Å²) in [5, 5.41) is 4.11. The molecule has 7 heteroatoms. The SMILES string of the molecule is Cc1ccc(Cc2cnc(NC(=O)CCN)s2)cc1Cl.Cl. The number of carbonyl (C=O) groups is 1. The van der Waals surface area contributed by atoms with Gasteiger partial charge >= 0.3 is 0 Å². The first kappa shape index (κ1) is 17.9. The van der Waals surface area contributed by atoms with Crippen molar-refractivity contribution in [2.24, 2.45) is 5.73 Å². The molecule has 0 atom stereocenters. The lowest BCUT2D eigenvalue weighted by Crippen LogP contribution is -2.15. The molecular formula is C14H17Cl2N3OS. The van der Waals surface area contributed by atoms with Crippen molar-refractivity contribution in [3.63, 3.8) is 0 Å². The number of nitrogens with two attached hydrogens (primary N) is 1. The molecule has 2 rings (SSSR count). The molecule has 1 amide bonds. The number of nitrogens with zero attached hydrogens (tertiary/aromatic N) is 1. The Labute approximate surface area is 139 Å². The number of amides is 1. The number of carbonyl (C=O) groups excluding carboxylic acids is 1. The quantitative estimate of drug-likeness (QED) is 0.872. The van der Waals surface area contributed by atoms with Crippen LogP contribution in [0.5, 0.6) is 0 Å². The molecule has 1 heterocycles. The van der Waals surface area contributed by atoms with Gasteiger partial charge in [-0.25, -0.2) is 4.98 Å². The Kier molecular flexibility index (Phi) is 7.11. The summed E-state index contributed by atoms with van der Waals surface area (Å²) in [6.07, 6.45) is 2.84. The van der Waals surface area contributed by atoms with Crippen molar-refractivity contribution in [2.75, 3.05) is 11.9 Å². The molecular weight excluding hydrogens is 329 g/mol. The van der Waals surface area contributed by atoms with Crippen LogP contribution < -0.4 is 11.1 Å². The molecule has 0 saturated heterocycles. The highest BCUT2D eigenvalue weighted by atomic mass is 35.5. The fraction of sp³-hybridized carbons (Fsp3) is 0.286. The summed E-state index contributed by atoms with van der Waals surface area (Å²) in [6, 6.07) is 6.01. The first-order valence-corrected chi connectivity index (χ1v) is 7.47. The summed E-state index contributed by atoms with van der Waals surface area (Å²) in [5.41, 5.74) is 7.52. The lowest BCUT2D eigenvalue weighted by atomic mass is 10.1. The normalized spacial score (nSPS) is 10.0. The fourth-order valence-corrected chi connectivity index (χ4v) is 2.77. The molecule has 4 nitrogen and oxygen atoms in total. The van der Waals surface area contributed by atoms with E-state index in [-0.39, 0.29) is 18.3 Å². The number of aryl methyl sites for hydroxylation is 1. The molecule has 0 aliphatic carbocycles. The fourth-order valence-electron chi connectivity index (χ4n) is 1.71.